The average Bonchev–Trinajstić information content (AvgIpc) is 3.07. The Morgan fingerprint density at radius 1 is 0.755 bits per heavy atom. The van der Waals surface area contributed by atoms with Gasteiger partial charge in [0.25, 0.3) is 20.2 Å². The Bertz CT molecular complexity index is 2660. The molecule has 0 atom stereocenters. The number of carbonyl (C=O) groups excluding carboxylic acids is 1. The van der Waals surface area contributed by atoms with Crippen molar-refractivity contribution in [3.8, 4) is 11.5 Å². The number of hydrogen-bond donors (Lipinski definition) is 4. The van der Waals surface area contributed by atoms with Crippen LogP contribution in [0.2, 0.25) is 0 Å². The average molecular weight is 782 g/mol. The minimum atomic E-state index is -5.13. The number of nitrogens with one attached hydrogen (secondary N) is 1. The number of amides is 1. The highest BCUT2D eigenvalue weighted by Gasteiger charge is 2.26. The molecule has 5 aromatic rings. The van der Waals surface area contributed by atoms with Crippen LogP contribution in [0.1, 0.15) is 23.6 Å². The second-order valence-electron chi connectivity index (χ2n) is 11.7. The first-order chi connectivity index (χ1) is 24.8. The molecule has 0 aliphatic heterocycles. The van der Waals surface area contributed by atoms with Crippen LogP contribution < -0.4 is 10.1 Å². The van der Waals surface area contributed by atoms with Gasteiger partial charge in [-0.1, -0.05) is 29.8 Å². The van der Waals surface area contributed by atoms with Crippen molar-refractivity contribution in [1.29, 1.82) is 0 Å². The van der Waals surface area contributed by atoms with E-state index in [1.165, 1.54) is 43.5 Å². The molecule has 276 valence electrons. The van der Waals surface area contributed by atoms with E-state index in [1.54, 1.807) is 19.1 Å². The van der Waals surface area contributed by atoms with E-state index in [4.69, 9.17) is 4.74 Å². The van der Waals surface area contributed by atoms with Gasteiger partial charge in [0.15, 0.2) is 15.6 Å². The fraction of sp³-hybridized carbons (Fsp3) is 0.147. The highest BCUT2D eigenvalue weighted by molar-refractivity contribution is 7.90. The molecule has 0 radical (unpaired) electrons. The molecule has 5 aromatic carbocycles. The van der Waals surface area contributed by atoms with Gasteiger partial charge in [0.1, 0.15) is 22.0 Å². The first kappa shape index (κ1) is 38.6. The van der Waals surface area contributed by atoms with E-state index in [0.717, 1.165) is 30.7 Å². The number of benzene rings is 5. The first-order valence-electron chi connectivity index (χ1n) is 15.2. The maximum absolute atomic E-state index is 12.9. The van der Waals surface area contributed by atoms with Crippen LogP contribution in [0.3, 0.4) is 0 Å². The molecule has 1 amide bonds. The number of carbonyl (C=O) groups is 1. The molecule has 4 N–H and O–H groups in total. The predicted octanol–water partition coefficient (Wildman–Crippen LogP) is 7.43. The van der Waals surface area contributed by atoms with Crippen molar-refractivity contribution >= 4 is 75.2 Å². The minimum absolute atomic E-state index is 0.0247. The Hall–Kier alpha value is -5.60. The molecule has 0 aromatic heterocycles. The van der Waals surface area contributed by atoms with Crippen LogP contribution >= 0.6 is 0 Å². The largest absolute Gasteiger partial charge is 0.505 e. The molecule has 0 aliphatic rings. The van der Waals surface area contributed by atoms with Crippen molar-refractivity contribution in [2.24, 2.45) is 20.5 Å². The van der Waals surface area contributed by atoms with Gasteiger partial charge in [0.2, 0.25) is 5.91 Å². The van der Waals surface area contributed by atoms with Crippen molar-refractivity contribution in [1.82, 2.24) is 0 Å². The molecule has 0 fully saturated rings. The third-order valence-corrected chi connectivity index (χ3v) is 11.1. The first-order valence-corrected chi connectivity index (χ1v) is 19.8. The van der Waals surface area contributed by atoms with E-state index < -0.39 is 57.2 Å². The molecule has 53 heavy (non-hydrogen) atoms. The monoisotopic (exact) mass is 781 g/mol. The summed E-state index contributed by atoms with van der Waals surface area (Å²) in [7, 11) is -12.3. The van der Waals surface area contributed by atoms with E-state index >= 15 is 0 Å². The fourth-order valence-corrected chi connectivity index (χ4v) is 7.67. The number of phenolic OH excluding ortho intramolecular Hbond substituents is 1. The quantitative estimate of drug-likeness (QED) is 0.0757. The summed E-state index contributed by atoms with van der Waals surface area (Å²) in [5.41, 5.74) is 1.78. The topological polar surface area (TPSA) is 251 Å². The maximum Gasteiger partial charge on any atom is 0.296 e. The maximum atomic E-state index is 12.9. The lowest BCUT2D eigenvalue weighted by atomic mass is 10.1. The number of sulfone groups is 1. The number of phenols is 1. The van der Waals surface area contributed by atoms with Gasteiger partial charge in [-0.25, -0.2) is 8.42 Å². The molecule has 0 bridgehead atoms. The van der Waals surface area contributed by atoms with E-state index in [9.17, 15) is 44.3 Å². The van der Waals surface area contributed by atoms with E-state index in [1.807, 2.05) is 19.1 Å². The molecule has 0 saturated heterocycles. The molecule has 19 heteroatoms. The SMILES string of the molecule is COc1cc(N=Nc2ccc(S(=O)(=O)Cc3ccc(C)cc3)cc2)c(C)cc1N=Nc1c(S(=O)(=O)O)cc2cc(S(=O)(=O)O)cc(NC(C)=O)c2c1O. The molecule has 16 nitrogen and oxygen atoms in total. The molecular formula is C34H31N5O11S3. The third kappa shape index (κ3) is 8.90. The summed E-state index contributed by atoms with van der Waals surface area (Å²) in [6.45, 7) is 4.65. The number of methoxy groups -OCH3 is 1. The van der Waals surface area contributed by atoms with Gasteiger partial charge in [0.05, 0.1) is 39.7 Å². The fourth-order valence-electron chi connectivity index (χ4n) is 5.12. The van der Waals surface area contributed by atoms with Crippen LogP contribution in [0.25, 0.3) is 10.8 Å². The van der Waals surface area contributed by atoms with Gasteiger partial charge in [0, 0.05) is 18.4 Å². The summed E-state index contributed by atoms with van der Waals surface area (Å²) in [5, 5.41) is 29.3. The van der Waals surface area contributed by atoms with Crippen LogP contribution in [0.5, 0.6) is 11.5 Å². The number of hydrogen-bond acceptors (Lipinski definition) is 13. The Morgan fingerprint density at radius 3 is 1.98 bits per heavy atom. The number of nitrogens with zero attached hydrogens (tertiary/aromatic N) is 4. The number of azo groups is 2. The Labute approximate surface area is 304 Å². The number of fused-ring (bicyclic) bond motifs is 1. The zero-order valence-electron chi connectivity index (χ0n) is 28.3. The highest BCUT2D eigenvalue weighted by atomic mass is 32.2. The molecule has 0 spiro atoms. The van der Waals surface area contributed by atoms with Crippen molar-refractivity contribution in [3.05, 3.63) is 95.6 Å². The zero-order chi connectivity index (χ0) is 38.9. The second-order valence-corrected chi connectivity index (χ2v) is 16.5. The number of aryl methyl sites for hydroxylation is 2. The van der Waals surface area contributed by atoms with Crippen LogP contribution in [0.15, 0.2) is 114 Å². The second kappa shape index (κ2) is 14.8. The Balaban J connectivity index is 1.48. The van der Waals surface area contributed by atoms with Crippen LogP contribution in [0, 0.1) is 13.8 Å². The van der Waals surface area contributed by atoms with Crippen LogP contribution in [-0.2, 0) is 40.6 Å². The normalized spacial score (nSPS) is 12.5. The predicted molar refractivity (Wildman–Crippen MR) is 194 cm³/mol. The number of anilines is 1. The van der Waals surface area contributed by atoms with Gasteiger partial charge < -0.3 is 15.2 Å². The van der Waals surface area contributed by atoms with Crippen LogP contribution in [-0.4, -0.2) is 52.5 Å². The summed E-state index contributed by atoms with van der Waals surface area (Å²) in [6.07, 6.45) is 0. The highest BCUT2D eigenvalue weighted by Crippen LogP contribution is 2.46. The van der Waals surface area contributed by atoms with Gasteiger partial charge >= 0.3 is 0 Å². The van der Waals surface area contributed by atoms with E-state index in [-0.39, 0.29) is 38.5 Å². The smallest absolute Gasteiger partial charge is 0.296 e. The Kier molecular flexibility index (Phi) is 10.8. The van der Waals surface area contributed by atoms with Gasteiger partial charge in [-0.3, -0.25) is 13.9 Å². The summed E-state index contributed by atoms with van der Waals surface area (Å²) in [4.78, 5) is 10.3. The minimum Gasteiger partial charge on any atom is -0.505 e. The number of ether oxygens (including phenoxy) is 1. The molecule has 0 unspecified atom stereocenters. The summed E-state index contributed by atoms with van der Waals surface area (Å²) < 4.78 is 99.4. The van der Waals surface area contributed by atoms with Crippen molar-refractivity contribution < 1.29 is 49.0 Å². The lowest BCUT2D eigenvalue weighted by Gasteiger charge is -2.14. The number of aromatic hydroxyl groups is 1. The number of rotatable bonds is 11. The lowest BCUT2D eigenvalue weighted by Crippen LogP contribution is -2.08. The molecule has 0 saturated carbocycles. The van der Waals surface area contributed by atoms with Crippen molar-refractivity contribution in [2.75, 3.05) is 12.4 Å². The van der Waals surface area contributed by atoms with Crippen molar-refractivity contribution in [3.63, 3.8) is 0 Å². The van der Waals surface area contributed by atoms with Gasteiger partial charge in [-0.2, -0.15) is 27.1 Å². The van der Waals surface area contributed by atoms with Gasteiger partial charge in [-0.15, -0.1) is 10.2 Å². The molecule has 5 rings (SSSR count). The molecule has 0 aliphatic carbocycles. The van der Waals surface area contributed by atoms with Crippen LogP contribution in [0.4, 0.5) is 28.4 Å². The van der Waals surface area contributed by atoms with Crippen molar-refractivity contribution in [2.45, 2.75) is 41.2 Å². The summed E-state index contributed by atoms with van der Waals surface area (Å²) in [5.74, 6) is -1.68. The third-order valence-electron chi connectivity index (χ3n) is 7.71. The van der Waals surface area contributed by atoms with E-state index in [2.05, 4.69) is 25.8 Å². The standard InChI is InChI=1S/C34H31N5O11S3/c1-19-5-7-22(8-6-19)18-51(42,43)25-11-9-24(10-12-25)36-37-27-17-30(50-4)28(13-20(27)2)38-39-33-31(53(47,48)49)15-23-14-26(52(44,45)46)16-29(35-21(3)40)32(23)34(33)41/h5-17,41H,18H2,1-4H3,(H,35,40)(H,44,45,46)(H,47,48,49). The lowest BCUT2D eigenvalue weighted by molar-refractivity contribution is -0.114. The summed E-state index contributed by atoms with van der Waals surface area (Å²) in [6, 6.07) is 18.5. The van der Waals surface area contributed by atoms with E-state index in [0.29, 0.717) is 22.5 Å². The zero-order valence-corrected chi connectivity index (χ0v) is 30.8. The van der Waals surface area contributed by atoms with Gasteiger partial charge in [-0.05, 0) is 78.9 Å². The summed E-state index contributed by atoms with van der Waals surface area (Å²) >= 11 is 0. The molecular weight excluding hydrogens is 751 g/mol. The molecule has 0 heterocycles. The Morgan fingerprint density at radius 2 is 1.40 bits per heavy atom.